The quantitative estimate of drug-likeness (QED) is 0.428. The number of methoxy groups -OCH3 is 1. The normalized spacial score (nSPS) is 11.0. The predicted octanol–water partition coefficient (Wildman–Crippen LogP) is 4.09. The molecular formula is C21H25ClN4OS. The third-order valence-electron chi connectivity index (χ3n) is 4.68. The zero-order valence-corrected chi connectivity index (χ0v) is 17.7. The largest absolute Gasteiger partial charge is 0.383 e. The van der Waals surface area contributed by atoms with Crippen LogP contribution < -0.4 is 5.32 Å². The SMILES string of the molecule is COCCNC(=S)N(CCc1c(C)[nH]c2ccc(Cl)cc12)Cc1cccnc1. The van der Waals surface area contributed by atoms with Crippen molar-refractivity contribution in [2.45, 2.75) is 19.9 Å². The monoisotopic (exact) mass is 416 g/mol. The van der Waals surface area contributed by atoms with Crippen molar-refractivity contribution in [1.29, 1.82) is 0 Å². The van der Waals surface area contributed by atoms with Gasteiger partial charge in [0, 0.05) is 60.8 Å². The van der Waals surface area contributed by atoms with E-state index in [1.165, 1.54) is 10.9 Å². The molecule has 0 bridgehead atoms. The van der Waals surface area contributed by atoms with E-state index >= 15 is 0 Å². The Morgan fingerprint density at radius 2 is 2.21 bits per heavy atom. The van der Waals surface area contributed by atoms with Crippen LogP contribution in [0.5, 0.6) is 0 Å². The van der Waals surface area contributed by atoms with Gasteiger partial charge in [0.1, 0.15) is 0 Å². The maximum absolute atomic E-state index is 6.22. The van der Waals surface area contributed by atoms with Gasteiger partial charge in [0.2, 0.25) is 0 Å². The Hall–Kier alpha value is -2.15. The fourth-order valence-electron chi connectivity index (χ4n) is 3.26. The van der Waals surface area contributed by atoms with Gasteiger partial charge >= 0.3 is 0 Å². The molecule has 1 aromatic carbocycles. The third-order valence-corrected chi connectivity index (χ3v) is 5.32. The van der Waals surface area contributed by atoms with E-state index < -0.39 is 0 Å². The molecule has 148 valence electrons. The molecule has 0 aliphatic rings. The molecule has 0 saturated heterocycles. The lowest BCUT2D eigenvalue weighted by atomic mass is 10.1. The van der Waals surface area contributed by atoms with Crippen molar-refractivity contribution in [3.8, 4) is 0 Å². The van der Waals surface area contributed by atoms with Gasteiger partial charge in [0.15, 0.2) is 5.11 Å². The molecule has 0 atom stereocenters. The zero-order chi connectivity index (χ0) is 19.9. The van der Waals surface area contributed by atoms with Crippen molar-refractivity contribution in [3.05, 3.63) is 64.6 Å². The van der Waals surface area contributed by atoms with Crippen LogP contribution in [0.3, 0.4) is 0 Å². The van der Waals surface area contributed by atoms with E-state index in [4.69, 9.17) is 28.6 Å². The second kappa shape index (κ2) is 9.87. The summed E-state index contributed by atoms with van der Waals surface area (Å²) < 4.78 is 5.12. The first kappa shape index (κ1) is 20.6. The molecule has 5 nitrogen and oxygen atoms in total. The first-order valence-corrected chi connectivity index (χ1v) is 10.0. The number of aromatic nitrogens is 2. The van der Waals surface area contributed by atoms with Crippen LogP contribution in [0.4, 0.5) is 0 Å². The number of aryl methyl sites for hydroxylation is 1. The fourth-order valence-corrected chi connectivity index (χ4v) is 3.69. The predicted molar refractivity (Wildman–Crippen MR) is 119 cm³/mol. The second-order valence-electron chi connectivity index (χ2n) is 6.68. The number of benzene rings is 1. The van der Waals surface area contributed by atoms with Crippen molar-refractivity contribution < 1.29 is 4.74 Å². The summed E-state index contributed by atoms with van der Waals surface area (Å²) in [7, 11) is 1.68. The minimum Gasteiger partial charge on any atom is -0.383 e. The summed E-state index contributed by atoms with van der Waals surface area (Å²) in [6.07, 6.45) is 4.52. The summed E-state index contributed by atoms with van der Waals surface area (Å²) in [5.74, 6) is 0. The molecule has 0 amide bonds. The third kappa shape index (κ3) is 5.22. The Bertz CT molecular complexity index is 929. The van der Waals surface area contributed by atoms with Gasteiger partial charge in [-0.3, -0.25) is 4.98 Å². The van der Waals surface area contributed by atoms with Gasteiger partial charge in [-0.05, 0) is 61.0 Å². The van der Waals surface area contributed by atoms with Gasteiger partial charge in [-0.15, -0.1) is 0 Å². The summed E-state index contributed by atoms with van der Waals surface area (Å²) in [4.78, 5) is 9.84. The minimum absolute atomic E-state index is 0.612. The molecule has 0 aliphatic heterocycles. The lowest BCUT2D eigenvalue weighted by Crippen LogP contribution is -2.41. The molecule has 28 heavy (non-hydrogen) atoms. The smallest absolute Gasteiger partial charge is 0.169 e. The van der Waals surface area contributed by atoms with Crippen LogP contribution in [0.2, 0.25) is 5.02 Å². The Morgan fingerprint density at radius 1 is 1.36 bits per heavy atom. The van der Waals surface area contributed by atoms with Crippen molar-refractivity contribution in [1.82, 2.24) is 20.2 Å². The number of hydrogen-bond donors (Lipinski definition) is 2. The number of rotatable bonds is 8. The number of pyridine rings is 1. The molecule has 7 heteroatoms. The molecule has 3 rings (SSSR count). The van der Waals surface area contributed by atoms with E-state index in [9.17, 15) is 0 Å². The van der Waals surface area contributed by atoms with Gasteiger partial charge in [-0.25, -0.2) is 0 Å². The van der Waals surface area contributed by atoms with Crippen molar-refractivity contribution >= 4 is 39.8 Å². The molecule has 2 N–H and O–H groups in total. The maximum Gasteiger partial charge on any atom is 0.169 e. The number of ether oxygens (including phenoxy) is 1. The Kier molecular flexibility index (Phi) is 7.25. The number of aromatic amines is 1. The summed E-state index contributed by atoms with van der Waals surface area (Å²) in [6.45, 7) is 4.88. The Balaban J connectivity index is 1.76. The molecule has 2 aromatic heterocycles. The van der Waals surface area contributed by atoms with E-state index in [0.717, 1.165) is 39.9 Å². The van der Waals surface area contributed by atoms with E-state index in [1.54, 1.807) is 13.3 Å². The molecule has 2 heterocycles. The maximum atomic E-state index is 6.22. The highest BCUT2D eigenvalue weighted by molar-refractivity contribution is 7.80. The van der Waals surface area contributed by atoms with Gasteiger partial charge in [-0.1, -0.05) is 17.7 Å². The summed E-state index contributed by atoms with van der Waals surface area (Å²) in [6, 6.07) is 9.97. The zero-order valence-electron chi connectivity index (χ0n) is 16.2. The number of halogens is 1. The van der Waals surface area contributed by atoms with Crippen LogP contribution in [-0.4, -0.2) is 46.8 Å². The van der Waals surface area contributed by atoms with Gasteiger partial charge in [0.05, 0.1) is 6.61 Å². The van der Waals surface area contributed by atoms with Crippen LogP contribution in [0.25, 0.3) is 10.9 Å². The number of nitrogens with zero attached hydrogens (tertiary/aromatic N) is 2. The molecule has 0 spiro atoms. The summed E-state index contributed by atoms with van der Waals surface area (Å²) in [5, 5.41) is 5.91. The van der Waals surface area contributed by atoms with Crippen LogP contribution in [0, 0.1) is 6.92 Å². The van der Waals surface area contributed by atoms with Crippen LogP contribution in [-0.2, 0) is 17.7 Å². The fraction of sp³-hybridized carbons (Fsp3) is 0.333. The molecule has 3 aromatic rings. The van der Waals surface area contributed by atoms with E-state index in [2.05, 4.69) is 33.2 Å². The first-order valence-electron chi connectivity index (χ1n) is 9.26. The molecule has 0 unspecified atom stereocenters. The first-order chi connectivity index (χ1) is 13.6. The Morgan fingerprint density at radius 3 is 2.96 bits per heavy atom. The van der Waals surface area contributed by atoms with Crippen LogP contribution in [0.1, 0.15) is 16.8 Å². The summed E-state index contributed by atoms with van der Waals surface area (Å²) >= 11 is 11.9. The summed E-state index contributed by atoms with van der Waals surface area (Å²) in [5.41, 5.74) is 4.67. The molecular weight excluding hydrogens is 392 g/mol. The second-order valence-corrected chi connectivity index (χ2v) is 7.50. The lowest BCUT2D eigenvalue weighted by molar-refractivity contribution is 0.203. The number of fused-ring (bicyclic) bond motifs is 1. The molecule has 0 aliphatic carbocycles. The van der Waals surface area contributed by atoms with Crippen LogP contribution in [0.15, 0.2) is 42.7 Å². The van der Waals surface area contributed by atoms with E-state index in [-0.39, 0.29) is 0 Å². The highest BCUT2D eigenvalue weighted by Crippen LogP contribution is 2.26. The molecule has 0 fully saturated rings. The van der Waals surface area contributed by atoms with E-state index in [1.807, 2.05) is 30.5 Å². The number of hydrogen-bond acceptors (Lipinski definition) is 3. The number of H-pyrrole nitrogens is 1. The lowest BCUT2D eigenvalue weighted by Gasteiger charge is -2.26. The van der Waals surface area contributed by atoms with E-state index in [0.29, 0.717) is 19.7 Å². The van der Waals surface area contributed by atoms with Crippen molar-refractivity contribution in [2.24, 2.45) is 0 Å². The van der Waals surface area contributed by atoms with Crippen LogP contribution >= 0.6 is 23.8 Å². The topological polar surface area (TPSA) is 53.2 Å². The highest BCUT2D eigenvalue weighted by atomic mass is 35.5. The average Bonchev–Trinajstić information content (AvgIpc) is 3.00. The van der Waals surface area contributed by atoms with Gasteiger partial charge in [0.25, 0.3) is 0 Å². The average molecular weight is 417 g/mol. The highest BCUT2D eigenvalue weighted by Gasteiger charge is 2.14. The number of nitrogens with one attached hydrogen (secondary N) is 2. The number of thiocarbonyl (C=S) groups is 1. The standard InChI is InChI=1S/C21H25ClN4OS/c1-15-18(19-12-17(22)5-6-20(19)25-15)7-10-26(21(28)24-9-11-27-2)14-16-4-3-8-23-13-16/h3-6,8,12-13,25H,7,9-11,14H2,1-2H3,(H,24,28). The molecule has 0 saturated carbocycles. The Labute approximate surface area is 176 Å². The van der Waals surface area contributed by atoms with Crippen molar-refractivity contribution in [3.63, 3.8) is 0 Å². The van der Waals surface area contributed by atoms with Gasteiger partial charge in [-0.2, -0.15) is 0 Å². The minimum atomic E-state index is 0.612. The van der Waals surface area contributed by atoms with Crippen molar-refractivity contribution in [2.75, 3.05) is 26.8 Å². The molecule has 0 radical (unpaired) electrons. The van der Waals surface area contributed by atoms with Gasteiger partial charge < -0.3 is 19.9 Å².